The smallest absolute Gasteiger partial charge is 0.176 e. The Bertz CT molecular complexity index is 994. The molecule has 1 aromatic heterocycles. The van der Waals surface area contributed by atoms with Crippen LogP contribution in [0.4, 0.5) is 11.5 Å². The molecule has 2 N–H and O–H groups in total. The molecule has 4 rings (SSSR count). The van der Waals surface area contributed by atoms with E-state index < -0.39 is 0 Å². The zero-order valence-corrected chi connectivity index (χ0v) is 16.2. The normalized spacial score (nSPS) is 15.6. The average molecular weight is 359 g/mol. The highest BCUT2D eigenvalue weighted by molar-refractivity contribution is 6.03. The van der Waals surface area contributed by atoms with E-state index in [0.717, 1.165) is 29.3 Å². The van der Waals surface area contributed by atoms with Gasteiger partial charge in [-0.15, -0.1) is 0 Å². The monoisotopic (exact) mass is 359 g/mol. The zero-order valence-electron chi connectivity index (χ0n) is 16.2. The molecule has 1 aliphatic heterocycles. The second-order valence-electron chi connectivity index (χ2n) is 8.02. The summed E-state index contributed by atoms with van der Waals surface area (Å²) in [6.45, 7) is 9.46. The highest BCUT2D eigenvalue weighted by atomic mass is 15.5. The molecule has 3 aromatic rings. The molecule has 0 unspecified atom stereocenters. The number of aromatic amines is 1. The molecule has 5 nitrogen and oxygen atoms in total. The van der Waals surface area contributed by atoms with Crippen LogP contribution >= 0.6 is 0 Å². The molecule has 0 amide bonds. The van der Waals surface area contributed by atoms with Gasteiger partial charge in [-0.2, -0.15) is 5.10 Å². The molecule has 0 radical (unpaired) electrons. The molecule has 0 atom stereocenters. The average Bonchev–Trinajstić information content (AvgIpc) is 3.06. The summed E-state index contributed by atoms with van der Waals surface area (Å²) in [5.41, 5.74) is 9.38. The Hall–Kier alpha value is -3.08. The van der Waals surface area contributed by atoms with Gasteiger partial charge in [-0.3, -0.25) is 15.5 Å². The third kappa shape index (κ3) is 3.58. The number of aliphatic imine (C=N–C) groups is 1. The first-order valence-electron chi connectivity index (χ1n) is 9.24. The SMILES string of the molecule is Cc1cc(N=C2NN(c3cccc(C(C)(C)C)c3)Cc3ccccc32)n[nH]1. The van der Waals surface area contributed by atoms with Crippen LogP contribution in [0.25, 0.3) is 0 Å². The third-order valence-corrected chi connectivity index (χ3v) is 4.78. The molecule has 0 bridgehead atoms. The number of hydrazine groups is 1. The molecule has 5 heteroatoms. The number of nitrogens with one attached hydrogen (secondary N) is 2. The Morgan fingerprint density at radius 1 is 1.04 bits per heavy atom. The minimum absolute atomic E-state index is 0.104. The largest absolute Gasteiger partial charge is 0.282 e. The number of hydrogen-bond donors (Lipinski definition) is 2. The summed E-state index contributed by atoms with van der Waals surface area (Å²) in [7, 11) is 0. The van der Waals surface area contributed by atoms with E-state index in [2.05, 4.69) is 83.9 Å². The number of fused-ring (bicyclic) bond motifs is 1. The Balaban J connectivity index is 1.74. The van der Waals surface area contributed by atoms with E-state index in [1.54, 1.807) is 0 Å². The van der Waals surface area contributed by atoms with Crippen molar-refractivity contribution >= 4 is 17.3 Å². The van der Waals surface area contributed by atoms with Gasteiger partial charge in [0.1, 0.15) is 0 Å². The number of H-pyrrole nitrogens is 1. The minimum Gasteiger partial charge on any atom is -0.282 e. The summed E-state index contributed by atoms with van der Waals surface area (Å²) in [6, 6.07) is 19.0. The molecule has 2 heterocycles. The Morgan fingerprint density at radius 3 is 2.59 bits per heavy atom. The van der Waals surface area contributed by atoms with Crippen molar-refractivity contribution in [1.29, 1.82) is 0 Å². The summed E-state index contributed by atoms with van der Waals surface area (Å²) in [5, 5.41) is 9.36. The van der Waals surface area contributed by atoms with Crippen molar-refractivity contribution in [3.63, 3.8) is 0 Å². The van der Waals surface area contributed by atoms with Crippen molar-refractivity contribution in [2.24, 2.45) is 4.99 Å². The van der Waals surface area contributed by atoms with E-state index in [9.17, 15) is 0 Å². The van der Waals surface area contributed by atoms with Crippen LogP contribution in [0, 0.1) is 6.92 Å². The number of aryl methyl sites for hydroxylation is 1. The lowest BCUT2D eigenvalue weighted by Gasteiger charge is -2.33. The van der Waals surface area contributed by atoms with Crippen molar-refractivity contribution in [3.8, 4) is 0 Å². The maximum atomic E-state index is 4.75. The van der Waals surface area contributed by atoms with Gasteiger partial charge in [0.05, 0.1) is 12.2 Å². The molecule has 2 aromatic carbocycles. The second kappa shape index (κ2) is 6.58. The van der Waals surface area contributed by atoms with Crippen molar-refractivity contribution in [3.05, 3.63) is 77.0 Å². The zero-order chi connectivity index (χ0) is 19.0. The van der Waals surface area contributed by atoms with E-state index in [1.165, 1.54) is 11.1 Å². The van der Waals surface area contributed by atoms with Crippen LogP contribution in [0.1, 0.15) is 43.2 Å². The van der Waals surface area contributed by atoms with E-state index in [-0.39, 0.29) is 5.41 Å². The fourth-order valence-electron chi connectivity index (χ4n) is 3.24. The number of nitrogens with zero attached hydrogens (tertiary/aromatic N) is 3. The summed E-state index contributed by atoms with van der Waals surface area (Å²) in [5.74, 6) is 1.49. The van der Waals surface area contributed by atoms with Crippen LogP contribution < -0.4 is 10.4 Å². The van der Waals surface area contributed by atoms with Crippen LogP contribution in [0.2, 0.25) is 0 Å². The molecule has 0 saturated heterocycles. The minimum atomic E-state index is 0.104. The van der Waals surface area contributed by atoms with Gasteiger partial charge < -0.3 is 0 Å². The summed E-state index contributed by atoms with van der Waals surface area (Å²) < 4.78 is 0. The van der Waals surface area contributed by atoms with Crippen molar-refractivity contribution in [2.75, 3.05) is 5.01 Å². The lowest BCUT2D eigenvalue weighted by atomic mass is 9.87. The molecule has 27 heavy (non-hydrogen) atoms. The molecule has 0 fully saturated rings. The van der Waals surface area contributed by atoms with Gasteiger partial charge in [0.15, 0.2) is 11.7 Å². The molecular weight excluding hydrogens is 334 g/mol. The summed E-state index contributed by atoms with van der Waals surface area (Å²) in [4.78, 5) is 4.75. The highest BCUT2D eigenvalue weighted by Gasteiger charge is 2.23. The molecule has 0 saturated carbocycles. The number of rotatable bonds is 2. The van der Waals surface area contributed by atoms with Crippen LogP contribution in [0.5, 0.6) is 0 Å². The maximum absolute atomic E-state index is 4.75. The van der Waals surface area contributed by atoms with Gasteiger partial charge in [-0.05, 0) is 35.6 Å². The van der Waals surface area contributed by atoms with Crippen LogP contribution in [-0.4, -0.2) is 16.0 Å². The van der Waals surface area contributed by atoms with Crippen LogP contribution in [-0.2, 0) is 12.0 Å². The molecule has 0 spiro atoms. The van der Waals surface area contributed by atoms with Crippen LogP contribution in [0.15, 0.2) is 59.6 Å². The summed E-state index contributed by atoms with van der Waals surface area (Å²) in [6.07, 6.45) is 0. The van der Waals surface area contributed by atoms with Gasteiger partial charge in [0, 0.05) is 17.3 Å². The third-order valence-electron chi connectivity index (χ3n) is 4.78. The fourth-order valence-corrected chi connectivity index (χ4v) is 3.24. The fraction of sp³-hybridized carbons (Fsp3) is 0.273. The van der Waals surface area contributed by atoms with Gasteiger partial charge in [-0.25, -0.2) is 4.99 Å². The maximum Gasteiger partial charge on any atom is 0.176 e. The topological polar surface area (TPSA) is 56.3 Å². The molecule has 138 valence electrons. The second-order valence-corrected chi connectivity index (χ2v) is 8.02. The van der Waals surface area contributed by atoms with E-state index in [4.69, 9.17) is 4.99 Å². The Labute approximate surface area is 160 Å². The van der Waals surface area contributed by atoms with E-state index in [0.29, 0.717) is 5.82 Å². The van der Waals surface area contributed by atoms with E-state index in [1.807, 2.05) is 19.1 Å². The highest BCUT2D eigenvalue weighted by Crippen LogP contribution is 2.28. The van der Waals surface area contributed by atoms with E-state index >= 15 is 0 Å². The van der Waals surface area contributed by atoms with Crippen molar-refractivity contribution in [2.45, 2.75) is 39.7 Å². The summed E-state index contributed by atoms with van der Waals surface area (Å²) >= 11 is 0. The number of benzene rings is 2. The number of aromatic nitrogens is 2. The Morgan fingerprint density at radius 2 is 1.85 bits per heavy atom. The molecule has 0 aliphatic carbocycles. The quantitative estimate of drug-likeness (QED) is 0.702. The first-order chi connectivity index (χ1) is 12.9. The standard InChI is InChI=1S/C22H25N5/c1-15-12-20(25-24-15)23-21-19-11-6-5-8-16(19)14-27(26-21)18-10-7-9-17(13-18)22(2,3)4/h5-13H,14H2,1-4H3,(H2,23,24,25,26). The predicted molar refractivity (Wildman–Crippen MR) is 110 cm³/mol. The lowest BCUT2D eigenvalue weighted by molar-refractivity contribution is 0.589. The number of amidine groups is 1. The first-order valence-corrected chi connectivity index (χ1v) is 9.24. The molecular formula is C22H25N5. The van der Waals surface area contributed by atoms with Gasteiger partial charge >= 0.3 is 0 Å². The van der Waals surface area contributed by atoms with Crippen molar-refractivity contribution in [1.82, 2.24) is 15.6 Å². The predicted octanol–water partition coefficient (Wildman–Crippen LogP) is 4.62. The van der Waals surface area contributed by atoms with Crippen molar-refractivity contribution < 1.29 is 0 Å². The van der Waals surface area contributed by atoms with Crippen LogP contribution in [0.3, 0.4) is 0 Å². The number of hydrogen-bond acceptors (Lipinski definition) is 3. The van der Waals surface area contributed by atoms with Gasteiger partial charge in [-0.1, -0.05) is 57.2 Å². The molecule has 1 aliphatic rings. The van der Waals surface area contributed by atoms with Gasteiger partial charge in [0.2, 0.25) is 0 Å². The Kier molecular flexibility index (Phi) is 4.22. The lowest BCUT2D eigenvalue weighted by Crippen LogP contribution is -2.46. The van der Waals surface area contributed by atoms with Gasteiger partial charge in [0.25, 0.3) is 0 Å². The number of anilines is 1. The first kappa shape index (κ1) is 17.3.